The first-order chi connectivity index (χ1) is 15.2. The van der Waals surface area contributed by atoms with Crippen LogP contribution in [0.4, 0.5) is 10.8 Å². The smallest absolute Gasteiger partial charge is 0.305 e. The van der Waals surface area contributed by atoms with Gasteiger partial charge in [0.15, 0.2) is 11.7 Å². The van der Waals surface area contributed by atoms with E-state index in [1.165, 1.54) is 41.8 Å². The van der Waals surface area contributed by atoms with Gasteiger partial charge in [-0.1, -0.05) is 24.0 Å². The van der Waals surface area contributed by atoms with Crippen molar-refractivity contribution in [2.45, 2.75) is 6.42 Å². The summed E-state index contributed by atoms with van der Waals surface area (Å²) < 4.78 is 5.69. The third-order valence-electron chi connectivity index (χ3n) is 3.95. The second-order valence-corrected chi connectivity index (χ2v) is 8.70. The van der Waals surface area contributed by atoms with Gasteiger partial charge in [-0.05, 0) is 12.1 Å². The summed E-state index contributed by atoms with van der Waals surface area (Å²) in [6, 6.07) is 3.74. The standard InChI is InChI=1S/C18H14N4O7S3/c23-14(20-17-19-4-6-31-17)9-29-12-2-1-11(22(27)28)7-10(12)8-13-16(26)21(18(30)32-13)5-3-15(24)25/h1-2,4,6-8H,3,5,9H2,(H,24,25)(H,19,20,23)/b13-8-. The Morgan fingerprint density at radius 2 is 2.19 bits per heavy atom. The first-order valence-electron chi connectivity index (χ1n) is 8.82. The van der Waals surface area contributed by atoms with E-state index in [4.69, 9.17) is 22.1 Å². The number of rotatable bonds is 9. The number of carboxylic acids is 1. The predicted octanol–water partition coefficient (Wildman–Crippen LogP) is 2.74. The number of nitrogens with one attached hydrogen (secondary N) is 1. The van der Waals surface area contributed by atoms with E-state index < -0.39 is 29.3 Å². The minimum absolute atomic E-state index is 0.0907. The highest BCUT2D eigenvalue weighted by atomic mass is 32.2. The van der Waals surface area contributed by atoms with Crippen LogP contribution in [0.5, 0.6) is 5.75 Å². The Balaban J connectivity index is 1.81. The zero-order chi connectivity index (χ0) is 23.3. The molecule has 1 saturated heterocycles. The lowest BCUT2D eigenvalue weighted by Gasteiger charge is -2.12. The largest absolute Gasteiger partial charge is 0.483 e. The highest BCUT2D eigenvalue weighted by Crippen LogP contribution is 2.35. The number of non-ortho nitro benzene ring substituents is 1. The minimum atomic E-state index is -1.08. The summed E-state index contributed by atoms with van der Waals surface area (Å²) >= 11 is 7.31. The second kappa shape index (κ2) is 10.3. The average molecular weight is 495 g/mol. The maximum absolute atomic E-state index is 12.6. The Kier molecular flexibility index (Phi) is 7.50. The Hall–Kier alpha value is -3.36. The van der Waals surface area contributed by atoms with E-state index in [0.29, 0.717) is 5.13 Å². The number of nitro benzene ring substituents is 1. The monoisotopic (exact) mass is 494 g/mol. The second-order valence-electron chi connectivity index (χ2n) is 6.13. The van der Waals surface area contributed by atoms with Crippen LogP contribution in [-0.4, -0.2) is 55.2 Å². The Morgan fingerprint density at radius 1 is 1.41 bits per heavy atom. The molecule has 1 fully saturated rings. The molecule has 0 radical (unpaired) electrons. The molecule has 2 N–H and O–H groups in total. The normalized spacial score (nSPS) is 14.6. The third-order valence-corrected chi connectivity index (χ3v) is 6.02. The summed E-state index contributed by atoms with van der Waals surface area (Å²) in [6.07, 6.45) is 2.61. The van der Waals surface area contributed by atoms with E-state index in [9.17, 15) is 24.5 Å². The van der Waals surface area contributed by atoms with Crippen LogP contribution in [0.15, 0.2) is 34.7 Å². The Labute approximate surface area is 194 Å². The lowest BCUT2D eigenvalue weighted by atomic mass is 10.1. The molecule has 166 valence electrons. The van der Waals surface area contributed by atoms with Crippen LogP contribution in [0, 0.1) is 10.1 Å². The number of aromatic nitrogens is 1. The average Bonchev–Trinajstić information content (AvgIpc) is 3.33. The molecule has 3 rings (SSSR count). The zero-order valence-corrected chi connectivity index (χ0v) is 18.5. The zero-order valence-electron chi connectivity index (χ0n) is 16.0. The maximum Gasteiger partial charge on any atom is 0.305 e. The van der Waals surface area contributed by atoms with Crippen LogP contribution in [0.2, 0.25) is 0 Å². The number of carbonyl (C=O) groups is 3. The van der Waals surface area contributed by atoms with Gasteiger partial charge in [0.2, 0.25) is 0 Å². The van der Waals surface area contributed by atoms with Crippen LogP contribution >= 0.6 is 35.3 Å². The van der Waals surface area contributed by atoms with Gasteiger partial charge in [0.25, 0.3) is 17.5 Å². The lowest BCUT2D eigenvalue weighted by molar-refractivity contribution is -0.384. The first kappa shape index (κ1) is 23.3. The Morgan fingerprint density at radius 3 is 2.84 bits per heavy atom. The number of anilines is 1. The molecule has 2 amide bonds. The highest BCUT2D eigenvalue weighted by Gasteiger charge is 2.32. The summed E-state index contributed by atoms with van der Waals surface area (Å²) in [6.45, 7) is -0.482. The van der Waals surface area contributed by atoms with Crippen LogP contribution in [0.3, 0.4) is 0 Å². The SMILES string of the molecule is O=C(O)CCN1C(=O)/C(=C/c2cc([N+](=O)[O-])ccc2OCC(=O)Nc2nccs2)SC1=S. The molecule has 0 atom stereocenters. The molecule has 11 nitrogen and oxygen atoms in total. The fourth-order valence-electron chi connectivity index (χ4n) is 2.52. The molecule has 14 heteroatoms. The molecule has 1 aliphatic heterocycles. The van der Waals surface area contributed by atoms with Crippen LogP contribution in [0.1, 0.15) is 12.0 Å². The maximum atomic E-state index is 12.6. The summed E-state index contributed by atoms with van der Waals surface area (Å²) in [5.41, 5.74) is -0.0443. The number of aliphatic carboxylic acids is 1. The van der Waals surface area contributed by atoms with Gasteiger partial charge in [-0.2, -0.15) is 0 Å². The number of carbonyl (C=O) groups excluding carboxylic acids is 2. The first-order valence-corrected chi connectivity index (χ1v) is 10.9. The van der Waals surface area contributed by atoms with Gasteiger partial charge in [-0.15, -0.1) is 11.3 Å². The quantitative estimate of drug-likeness (QED) is 0.230. The van der Waals surface area contributed by atoms with Crippen molar-refractivity contribution in [3.8, 4) is 5.75 Å². The van der Waals surface area contributed by atoms with Gasteiger partial charge >= 0.3 is 5.97 Å². The van der Waals surface area contributed by atoms with Crippen molar-refractivity contribution in [1.29, 1.82) is 0 Å². The summed E-state index contributed by atoms with van der Waals surface area (Å²) in [4.78, 5) is 51.3. The van der Waals surface area contributed by atoms with Crippen molar-refractivity contribution >= 4 is 74.3 Å². The van der Waals surface area contributed by atoms with Crippen molar-refractivity contribution in [2.75, 3.05) is 18.5 Å². The number of thioether (sulfide) groups is 1. The molecule has 0 aliphatic carbocycles. The molecular weight excluding hydrogens is 480 g/mol. The summed E-state index contributed by atoms with van der Waals surface area (Å²) in [5, 5.41) is 24.6. The minimum Gasteiger partial charge on any atom is -0.483 e. The fraction of sp³-hybridized carbons (Fsp3) is 0.167. The molecule has 2 aromatic rings. The fourth-order valence-corrected chi connectivity index (χ4v) is 4.36. The molecule has 1 aliphatic rings. The van der Waals surface area contributed by atoms with Gasteiger partial charge < -0.3 is 9.84 Å². The Bertz CT molecular complexity index is 1120. The number of ether oxygens (including phenoxy) is 1. The lowest BCUT2D eigenvalue weighted by Crippen LogP contribution is -2.30. The van der Waals surface area contributed by atoms with E-state index in [1.807, 2.05) is 0 Å². The number of carboxylic acid groups (broad SMARTS) is 1. The number of hydrogen-bond acceptors (Lipinski definition) is 10. The van der Waals surface area contributed by atoms with E-state index in [1.54, 1.807) is 5.38 Å². The van der Waals surface area contributed by atoms with Crippen molar-refractivity contribution in [3.63, 3.8) is 0 Å². The molecule has 0 bridgehead atoms. The number of thiocarbonyl (C=S) groups is 1. The highest BCUT2D eigenvalue weighted by molar-refractivity contribution is 8.26. The number of nitrogens with zero attached hydrogens (tertiary/aromatic N) is 3. The van der Waals surface area contributed by atoms with Crippen molar-refractivity contribution in [2.24, 2.45) is 0 Å². The molecule has 32 heavy (non-hydrogen) atoms. The number of amides is 2. The topological polar surface area (TPSA) is 152 Å². The number of hydrogen-bond donors (Lipinski definition) is 2. The van der Waals surface area contributed by atoms with E-state index >= 15 is 0 Å². The summed E-state index contributed by atoms with van der Waals surface area (Å²) in [7, 11) is 0. The van der Waals surface area contributed by atoms with E-state index in [0.717, 1.165) is 16.7 Å². The van der Waals surface area contributed by atoms with Crippen molar-refractivity contribution < 1.29 is 29.2 Å². The van der Waals surface area contributed by atoms with Crippen LogP contribution < -0.4 is 10.1 Å². The molecule has 0 spiro atoms. The van der Waals surface area contributed by atoms with Crippen molar-refractivity contribution in [3.05, 3.63) is 50.4 Å². The van der Waals surface area contributed by atoms with E-state index in [-0.39, 0.29) is 39.2 Å². The van der Waals surface area contributed by atoms with Crippen molar-refractivity contribution in [1.82, 2.24) is 9.88 Å². The number of thiazole rings is 1. The van der Waals surface area contributed by atoms with Gasteiger partial charge in [-0.3, -0.25) is 34.7 Å². The molecular formula is C18H14N4O7S3. The molecule has 0 saturated carbocycles. The van der Waals surface area contributed by atoms with E-state index in [2.05, 4.69) is 10.3 Å². The van der Waals surface area contributed by atoms with Crippen LogP contribution in [-0.2, 0) is 14.4 Å². The van der Waals surface area contributed by atoms with Gasteiger partial charge in [0, 0.05) is 35.8 Å². The van der Waals surface area contributed by atoms with Gasteiger partial charge in [0.1, 0.15) is 10.1 Å². The molecule has 1 aromatic carbocycles. The third kappa shape index (κ3) is 5.87. The molecule has 2 heterocycles. The molecule has 1 aromatic heterocycles. The predicted molar refractivity (Wildman–Crippen MR) is 121 cm³/mol. The number of nitro groups is 1. The molecule has 0 unspecified atom stereocenters. The van der Waals surface area contributed by atoms with Crippen LogP contribution in [0.25, 0.3) is 6.08 Å². The number of benzene rings is 1. The summed E-state index contributed by atoms with van der Waals surface area (Å²) in [5.74, 6) is -1.93. The van der Waals surface area contributed by atoms with Gasteiger partial charge in [-0.25, -0.2) is 4.98 Å². The van der Waals surface area contributed by atoms with Gasteiger partial charge in [0.05, 0.1) is 16.2 Å².